The van der Waals surface area contributed by atoms with Gasteiger partial charge in [0.25, 0.3) is 0 Å². The Labute approximate surface area is 117 Å². The molecular weight excluding hydrogens is 238 g/mol. The summed E-state index contributed by atoms with van der Waals surface area (Å²) in [5.41, 5.74) is 0. The van der Waals surface area contributed by atoms with E-state index < -0.39 is 0 Å². The predicted molar refractivity (Wildman–Crippen MR) is 78.1 cm³/mol. The predicted octanol–water partition coefficient (Wildman–Crippen LogP) is 1.32. The monoisotopic (exact) mass is 267 g/mol. The normalized spacial score (nSPS) is 27.3. The minimum atomic E-state index is -0.0228. The van der Waals surface area contributed by atoms with Crippen molar-refractivity contribution in [2.24, 2.45) is 5.92 Å². The van der Waals surface area contributed by atoms with Gasteiger partial charge in [0.15, 0.2) is 0 Å². The summed E-state index contributed by atoms with van der Waals surface area (Å²) in [5.74, 6) is 0.999. The smallest absolute Gasteiger partial charge is 0.239 e. The summed E-state index contributed by atoms with van der Waals surface area (Å²) in [7, 11) is 2.19. The van der Waals surface area contributed by atoms with E-state index in [0.717, 1.165) is 26.2 Å². The highest BCUT2D eigenvalue weighted by molar-refractivity contribution is 5.81. The van der Waals surface area contributed by atoms with E-state index in [1.165, 1.54) is 38.6 Å². The molecule has 0 bridgehead atoms. The Morgan fingerprint density at radius 2 is 1.95 bits per heavy atom. The van der Waals surface area contributed by atoms with Crippen molar-refractivity contribution in [1.29, 1.82) is 0 Å². The second-order valence-corrected chi connectivity index (χ2v) is 6.29. The van der Waals surface area contributed by atoms with Crippen LogP contribution >= 0.6 is 0 Å². The van der Waals surface area contributed by atoms with Gasteiger partial charge in [0.05, 0.1) is 6.04 Å². The molecule has 0 spiro atoms. The second kappa shape index (κ2) is 7.25. The molecule has 1 amide bonds. The first-order valence-electron chi connectivity index (χ1n) is 7.87. The molecule has 0 radical (unpaired) electrons. The quantitative estimate of drug-likeness (QED) is 0.834. The third-order valence-corrected chi connectivity index (χ3v) is 4.47. The zero-order chi connectivity index (χ0) is 13.7. The number of hydrogen-bond acceptors (Lipinski definition) is 3. The average molecular weight is 267 g/mol. The summed E-state index contributed by atoms with van der Waals surface area (Å²) < 4.78 is 0. The third-order valence-electron chi connectivity index (χ3n) is 4.47. The lowest BCUT2D eigenvalue weighted by Crippen LogP contribution is -2.48. The molecule has 2 aliphatic rings. The minimum Gasteiger partial charge on any atom is -0.341 e. The summed E-state index contributed by atoms with van der Waals surface area (Å²) in [6.45, 7) is 7.29. The number of amides is 1. The Kier molecular flexibility index (Phi) is 5.64. The zero-order valence-corrected chi connectivity index (χ0v) is 12.5. The summed E-state index contributed by atoms with van der Waals surface area (Å²) in [6, 6.07) is -0.0228. The van der Waals surface area contributed by atoms with E-state index in [0.29, 0.717) is 11.8 Å². The van der Waals surface area contributed by atoms with Crippen LogP contribution in [0.25, 0.3) is 0 Å². The molecule has 19 heavy (non-hydrogen) atoms. The van der Waals surface area contributed by atoms with E-state index in [2.05, 4.69) is 17.3 Å². The molecule has 4 nitrogen and oxygen atoms in total. The number of hydrogen-bond donors (Lipinski definition) is 1. The molecule has 2 saturated heterocycles. The van der Waals surface area contributed by atoms with Gasteiger partial charge in [-0.2, -0.15) is 0 Å². The largest absolute Gasteiger partial charge is 0.341 e. The van der Waals surface area contributed by atoms with Crippen molar-refractivity contribution in [3.8, 4) is 0 Å². The van der Waals surface area contributed by atoms with Gasteiger partial charge in [-0.3, -0.25) is 4.79 Å². The van der Waals surface area contributed by atoms with Crippen molar-refractivity contribution in [1.82, 2.24) is 15.1 Å². The number of rotatable bonds is 4. The van der Waals surface area contributed by atoms with Crippen molar-refractivity contribution >= 4 is 5.91 Å². The van der Waals surface area contributed by atoms with Crippen LogP contribution in [-0.4, -0.2) is 61.5 Å². The molecule has 0 aromatic rings. The van der Waals surface area contributed by atoms with Gasteiger partial charge in [-0.1, -0.05) is 0 Å². The van der Waals surface area contributed by atoms with Crippen molar-refractivity contribution in [2.75, 3.05) is 39.8 Å². The standard InChI is InChI=1S/C15H29N3O/c1-13(15(19)18-9-4-3-5-10-18)16-11-14-7-6-8-17(2)12-14/h13-14,16H,3-12H2,1-2H3. The summed E-state index contributed by atoms with van der Waals surface area (Å²) in [4.78, 5) is 16.7. The number of carbonyl (C=O) groups is 1. The molecule has 0 aromatic carbocycles. The zero-order valence-electron chi connectivity index (χ0n) is 12.5. The van der Waals surface area contributed by atoms with E-state index in [9.17, 15) is 4.79 Å². The number of nitrogens with zero attached hydrogens (tertiary/aromatic N) is 2. The fourth-order valence-electron chi connectivity index (χ4n) is 3.26. The van der Waals surface area contributed by atoms with Crippen molar-refractivity contribution in [2.45, 2.75) is 45.1 Å². The summed E-state index contributed by atoms with van der Waals surface area (Å²) >= 11 is 0. The number of carbonyl (C=O) groups excluding carboxylic acids is 1. The molecule has 110 valence electrons. The lowest BCUT2D eigenvalue weighted by atomic mass is 9.98. The SMILES string of the molecule is CC(NCC1CCCN(C)C1)C(=O)N1CCCCC1. The highest BCUT2D eigenvalue weighted by Crippen LogP contribution is 2.14. The molecule has 2 heterocycles. The highest BCUT2D eigenvalue weighted by Gasteiger charge is 2.23. The van der Waals surface area contributed by atoms with E-state index >= 15 is 0 Å². The van der Waals surface area contributed by atoms with Crippen LogP contribution in [0, 0.1) is 5.92 Å². The van der Waals surface area contributed by atoms with Gasteiger partial charge in [-0.15, -0.1) is 0 Å². The fraction of sp³-hybridized carbons (Fsp3) is 0.933. The molecule has 1 N–H and O–H groups in total. The van der Waals surface area contributed by atoms with Crippen LogP contribution in [0.3, 0.4) is 0 Å². The molecule has 2 atom stereocenters. The van der Waals surface area contributed by atoms with Crippen LogP contribution in [0.15, 0.2) is 0 Å². The van der Waals surface area contributed by atoms with Gasteiger partial charge in [0.2, 0.25) is 5.91 Å². The topological polar surface area (TPSA) is 35.6 Å². The van der Waals surface area contributed by atoms with Gasteiger partial charge in [0, 0.05) is 19.6 Å². The maximum atomic E-state index is 12.3. The van der Waals surface area contributed by atoms with E-state index in [4.69, 9.17) is 0 Å². The number of likely N-dealkylation sites (tertiary alicyclic amines) is 2. The van der Waals surface area contributed by atoms with Gasteiger partial charge < -0.3 is 15.1 Å². The maximum absolute atomic E-state index is 12.3. The third kappa shape index (κ3) is 4.46. The van der Waals surface area contributed by atoms with Crippen LogP contribution in [0.5, 0.6) is 0 Å². The molecule has 2 aliphatic heterocycles. The van der Waals surface area contributed by atoms with E-state index in [1.807, 2.05) is 11.8 Å². The minimum absolute atomic E-state index is 0.0228. The molecule has 2 unspecified atom stereocenters. The summed E-state index contributed by atoms with van der Waals surface area (Å²) in [5, 5.41) is 3.45. The molecule has 0 aromatic heterocycles. The lowest BCUT2D eigenvalue weighted by Gasteiger charge is -2.32. The fourth-order valence-corrected chi connectivity index (χ4v) is 3.26. The Hall–Kier alpha value is -0.610. The molecule has 0 saturated carbocycles. The molecule has 0 aliphatic carbocycles. The van der Waals surface area contributed by atoms with Crippen molar-refractivity contribution in [3.63, 3.8) is 0 Å². The van der Waals surface area contributed by atoms with Crippen LogP contribution < -0.4 is 5.32 Å². The summed E-state index contributed by atoms with van der Waals surface area (Å²) in [6.07, 6.45) is 6.21. The van der Waals surface area contributed by atoms with E-state index in [1.54, 1.807) is 0 Å². The van der Waals surface area contributed by atoms with Gasteiger partial charge in [-0.05, 0) is 65.1 Å². The molecule has 4 heteroatoms. The maximum Gasteiger partial charge on any atom is 0.239 e. The van der Waals surface area contributed by atoms with Crippen LogP contribution in [-0.2, 0) is 4.79 Å². The number of nitrogens with one attached hydrogen (secondary N) is 1. The van der Waals surface area contributed by atoms with Crippen LogP contribution in [0.4, 0.5) is 0 Å². The van der Waals surface area contributed by atoms with Gasteiger partial charge >= 0.3 is 0 Å². The van der Waals surface area contributed by atoms with Crippen molar-refractivity contribution < 1.29 is 4.79 Å². The first kappa shape index (κ1) is 14.8. The van der Waals surface area contributed by atoms with E-state index in [-0.39, 0.29) is 6.04 Å². The molecular formula is C15H29N3O. The molecule has 2 rings (SSSR count). The molecule has 2 fully saturated rings. The highest BCUT2D eigenvalue weighted by atomic mass is 16.2. The lowest BCUT2D eigenvalue weighted by molar-refractivity contribution is -0.134. The second-order valence-electron chi connectivity index (χ2n) is 6.29. The number of piperidine rings is 2. The Morgan fingerprint density at radius 1 is 1.21 bits per heavy atom. The van der Waals surface area contributed by atoms with Crippen molar-refractivity contribution in [3.05, 3.63) is 0 Å². The Bertz CT molecular complexity index is 289. The van der Waals surface area contributed by atoms with Gasteiger partial charge in [-0.25, -0.2) is 0 Å². The Balaban J connectivity index is 1.70. The Morgan fingerprint density at radius 3 is 2.63 bits per heavy atom. The first-order valence-corrected chi connectivity index (χ1v) is 7.87. The van der Waals surface area contributed by atoms with Gasteiger partial charge in [0.1, 0.15) is 0 Å². The van der Waals surface area contributed by atoms with Crippen LogP contribution in [0.1, 0.15) is 39.0 Å². The average Bonchev–Trinajstić information content (AvgIpc) is 2.45. The van der Waals surface area contributed by atoms with Crippen LogP contribution in [0.2, 0.25) is 0 Å². The first-order chi connectivity index (χ1) is 9.16.